The molecule has 2 aliphatic rings. The number of nitrogens with zero attached hydrogens (tertiary/aromatic N) is 4. The van der Waals surface area contributed by atoms with Crippen molar-refractivity contribution in [3.8, 4) is 5.75 Å². The second-order valence-electron chi connectivity index (χ2n) is 12.7. The molecule has 3 heterocycles. The number of fused-ring (bicyclic) bond motifs is 1. The van der Waals surface area contributed by atoms with Gasteiger partial charge in [-0.3, -0.25) is 5.01 Å². The molecule has 2 aromatic rings. The molecule has 2 atom stereocenters. The van der Waals surface area contributed by atoms with E-state index >= 15 is 0 Å². The molecular formula is C29H42ClN5O8. The van der Waals surface area contributed by atoms with Crippen molar-refractivity contribution in [1.82, 2.24) is 15.0 Å². The van der Waals surface area contributed by atoms with E-state index in [1.165, 1.54) is 0 Å². The second kappa shape index (κ2) is 13.1. The van der Waals surface area contributed by atoms with Crippen LogP contribution in [0.1, 0.15) is 79.0 Å². The van der Waals surface area contributed by atoms with Gasteiger partial charge in [-0.2, -0.15) is 4.98 Å². The topological polar surface area (TPSA) is 156 Å². The normalized spacial score (nSPS) is 19.7. The zero-order valence-corrected chi connectivity index (χ0v) is 26.9. The SMILES string of the molecule is COc1ccc(CN2c3nc(NC(C)(C)C)nc(Cl)c3C(CC3COC(C)(C)O3)N2C(C)(C)C)cc1.O=C(O)OC(=O)O. The van der Waals surface area contributed by atoms with E-state index in [1.807, 2.05) is 26.0 Å². The Balaban J connectivity index is 0.000000646. The molecule has 0 bridgehead atoms. The van der Waals surface area contributed by atoms with Crippen LogP contribution < -0.4 is 15.1 Å². The molecule has 0 amide bonds. The largest absolute Gasteiger partial charge is 0.516 e. The summed E-state index contributed by atoms with van der Waals surface area (Å²) in [5.74, 6) is 1.56. The molecule has 13 nitrogen and oxygen atoms in total. The van der Waals surface area contributed by atoms with Crippen LogP contribution in [-0.4, -0.2) is 74.2 Å². The molecular weight excluding hydrogens is 582 g/mol. The van der Waals surface area contributed by atoms with Crippen LogP contribution in [0.5, 0.6) is 5.75 Å². The highest BCUT2D eigenvalue weighted by atomic mass is 35.5. The molecule has 43 heavy (non-hydrogen) atoms. The van der Waals surface area contributed by atoms with E-state index in [-0.39, 0.29) is 23.2 Å². The van der Waals surface area contributed by atoms with Gasteiger partial charge in [-0.05, 0) is 79.5 Å². The quantitative estimate of drug-likeness (QED) is 0.187. The van der Waals surface area contributed by atoms with Gasteiger partial charge in [-0.25, -0.2) is 19.6 Å². The molecule has 0 aliphatic carbocycles. The highest BCUT2D eigenvalue weighted by molar-refractivity contribution is 6.30. The number of aromatic nitrogens is 2. The Morgan fingerprint density at radius 1 is 1.09 bits per heavy atom. The van der Waals surface area contributed by atoms with E-state index in [4.69, 9.17) is 41.0 Å². The van der Waals surface area contributed by atoms with Crippen LogP contribution in [0.2, 0.25) is 5.15 Å². The predicted octanol–water partition coefficient (Wildman–Crippen LogP) is 6.33. The standard InChI is InChI=1S/C27H40ClN5O3.C2H2O5/c1-25(2,3)31-24-29-22(28)21-20(14-19-16-35-27(7,8)36-19)33(26(4,5)6)32(23(21)30-24)15-17-10-12-18(34-9)13-11-17;3-1(4)7-2(5)6/h10-13,19-20H,14-16H2,1-9H3,(H,29,30,31);(H,3,4)(H,5,6). The Bertz CT molecular complexity index is 1280. The lowest BCUT2D eigenvalue weighted by molar-refractivity contribution is -0.141. The van der Waals surface area contributed by atoms with E-state index in [0.29, 0.717) is 30.7 Å². The molecule has 238 valence electrons. The Kier molecular flexibility index (Phi) is 10.4. The third-order valence-corrected chi connectivity index (χ3v) is 6.69. The molecule has 1 fully saturated rings. The zero-order chi connectivity index (χ0) is 32.3. The first-order valence-electron chi connectivity index (χ1n) is 13.8. The van der Waals surface area contributed by atoms with Crippen LogP contribution >= 0.6 is 11.6 Å². The third kappa shape index (κ3) is 9.30. The summed E-state index contributed by atoms with van der Waals surface area (Å²) in [6.07, 6.45) is -2.98. The number of hydrazine groups is 1. The van der Waals surface area contributed by atoms with Crippen molar-refractivity contribution in [3.05, 3.63) is 40.5 Å². The monoisotopic (exact) mass is 623 g/mol. The van der Waals surface area contributed by atoms with Crippen molar-refractivity contribution in [2.24, 2.45) is 0 Å². The first-order valence-corrected chi connectivity index (χ1v) is 14.2. The van der Waals surface area contributed by atoms with Gasteiger partial charge in [0.1, 0.15) is 10.9 Å². The minimum atomic E-state index is -1.81. The molecule has 14 heteroatoms. The van der Waals surface area contributed by atoms with Gasteiger partial charge >= 0.3 is 12.3 Å². The smallest absolute Gasteiger partial charge is 0.497 e. The van der Waals surface area contributed by atoms with Gasteiger partial charge in [0.05, 0.1) is 38.0 Å². The van der Waals surface area contributed by atoms with Gasteiger partial charge in [0.25, 0.3) is 0 Å². The van der Waals surface area contributed by atoms with Gasteiger partial charge in [-0.1, -0.05) is 23.7 Å². The number of rotatable bonds is 6. The van der Waals surface area contributed by atoms with Gasteiger partial charge in [-0.15, -0.1) is 0 Å². The zero-order valence-electron chi connectivity index (χ0n) is 26.1. The van der Waals surface area contributed by atoms with Crippen LogP contribution in [0.15, 0.2) is 24.3 Å². The fraction of sp³-hybridized carbons (Fsp3) is 0.586. The van der Waals surface area contributed by atoms with Crippen LogP contribution in [0.3, 0.4) is 0 Å². The van der Waals surface area contributed by atoms with Crippen LogP contribution in [0, 0.1) is 0 Å². The van der Waals surface area contributed by atoms with Crippen LogP contribution in [0.4, 0.5) is 21.4 Å². The molecule has 2 aliphatic heterocycles. The van der Waals surface area contributed by atoms with Crippen molar-refractivity contribution < 1.29 is 38.7 Å². The molecule has 4 rings (SSSR count). The molecule has 1 aromatic carbocycles. The van der Waals surface area contributed by atoms with E-state index in [0.717, 1.165) is 22.7 Å². The summed E-state index contributed by atoms with van der Waals surface area (Å²) in [4.78, 5) is 28.1. The van der Waals surface area contributed by atoms with Gasteiger partial charge < -0.3 is 34.5 Å². The highest BCUT2D eigenvalue weighted by Crippen LogP contribution is 2.49. The summed E-state index contributed by atoms with van der Waals surface area (Å²) in [5, 5.41) is 23.4. The molecule has 0 radical (unpaired) electrons. The summed E-state index contributed by atoms with van der Waals surface area (Å²) in [5.41, 5.74) is 1.63. The van der Waals surface area contributed by atoms with Crippen molar-refractivity contribution in [2.45, 2.75) is 97.4 Å². The lowest BCUT2D eigenvalue weighted by Gasteiger charge is -2.43. The third-order valence-electron chi connectivity index (χ3n) is 6.41. The Morgan fingerprint density at radius 2 is 1.70 bits per heavy atom. The van der Waals surface area contributed by atoms with Crippen molar-refractivity contribution >= 4 is 35.7 Å². The van der Waals surface area contributed by atoms with Crippen molar-refractivity contribution in [3.63, 3.8) is 0 Å². The number of hydrogen-bond acceptors (Lipinski definition) is 11. The fourth-order valence-electron chi connectivity index (χ4n) is 5.00. The van der Waals surface area contributed by atoms with Crippen LogP contribution in [-0.2, 0) is 20.8 Å². The highest BCUT2D eigenvalue weighted by Gasteiger charge is 2.48. The van der Waals surface area contributed by atoms with E-state index < -0.39 is 18.1 Å². The average molecular weight is 624 g/mol. The minimum absolute atomic E-state index is 0.0629. The average Bonchev–Trinajstić information content (AvgIpc) is 3.34. The summed E-state index contributed by atoms with van der Waals surface area (Å²) < 4.78 is 20.5. The van der Waals surface area contributed by atoms with Gasteiger partial charge in [0.15, 0.2) is 11.6 Å². The molecule has 3 N–H and O–H groups in total. The first-order chi connectivity index (χ1) is 19.8. The number of methoxy groups -OCH3 is 1. The number of ether oxygens (including phenoxy) is 4. The second-order valence-corrected chi connectivity index (χ2v) is 13.1. The number of carboxylic acid groups (broad SMARTS) is 2. The number of benzene rings is 1. The minimum Gasteiger partial charge on any atom is -0.497 e. The fourth-order valence-corrected chi connectivity index (χ4v) is 5.29. The molecule has 0 spiro atoms. The van der Waals surface area contributed by atoms with Crippen molar-refractivity contribution in [1.29, 1.82) is 0 Å². The predicted molar refractivity (Wildman–Crippen MR) is 161 cm³/mol. The van der Waals surface area contributed by atoms with E-state index in [2.05, 4.69) is 78.7 Å². The molecule has 2 unspecified atom stereocenters. The number of nitrogens with one attached hydrogen (secondary N) is 1. The summed E-state index contributed by atoms with van der Waals surface area (Å²) in [7, 11) is 1.68. The first kappa shape index (κ1) is 34.1. The summed E-state index contributed by atoms with van der Waals surface area (Å²) in [6, 6.07) is 8.06. The maximum atomic E-state index is 9.21. The van der Waals surface area contributed by atoms with E-state index in [1.54, 1.807) is 7.11 Å². The van der Waals surface area contributed by atoms with Crippen molar-refractivity contribution in [2.75, 3.05) is 24.0 Å². The number of halogens is 1. The lowest BCUT2D eigenvalue weighted by atomic mass is 9.98. The molecule has 1 aromatic heterocycles. The Hall–Kier alpha value is -3.39. The molecule has 1 saturated heterocycles. The van der Waals surface area contributed by atoms with Gasteiger partial charge in [0.2, 0.25) is 5.95 Å². The summed E-state index contributed by atoms with van der Waals surface area (Å²) >= 11 is 6.93. The number of anilines is 2. The van der Waals surface area contributed by atoms with Gasteiger partial charge in [0, 0.05) is 11.1 Å². The van der Waals surface area contributed by atoms with Crippen LogP contribution in [0.25, 0.3) is 0 Å². The maximum Gasteiger partial charge on any atom is 0.516 e. The molecule has 0 saturated carbocycles. The maximum absolute atomic E-state index is 9.21. The Labute approximate surface area is 257 Å². The Morgan fingerprint density at radius 3 is 2.14 bits per heavy atom. The lowest BCUT2D eigenvalue weighted by Crippen LogP contribution is -2.51. The number of hydrogen-bond donors (Lipinski definition) is 3. The summed E-state index contributed by atoms with van der Waals surface area (Å²) in [6.45, 7) is 17.9. The number of carbonyl (C=O) groups is 2. The van der Waals surface area contributed by atoms with E-state index in [9.17, 15) is 9.59 Å².